The van der Waals surface area contributed by atoms with Crippen molar-refractivity contribution in [1.82, 2.24) is 0 Å². The van der Waals surface area contributed by atoms with E-state index in [1.807, 2.05) is 0 Å². The smallest absolute Gasteiger partial charge is 0.132 e. The van der Waals surface area contributed by atoms with Gasteiger partial charge in [0.15, 0.2) is 0 Å². The van der Waals surface area contributed by atoms with E-state index < -0.39 is 19.0 Å². The average Bonchev–Trinajstić information content (AvgIpc) is 1.83. The fraction of sp³-hybridized carbons (Fsp3) is 0.800. The monoisotopic (exact) mass is 90.1 g/mol. The third kappa shape index (κ3) is 1.94. The van der Waals surface area contributed by atoms with Crippen LogP contribution in [0.4, 0.5) is 0 Å². The fourth-order valence-corrected chi connectivity index (χ4v) is 0.102. The Morgan fingerprint density at radius 3 is 3.00 bits per heavy atom. The highest BCUT2D eigenvalue weighted by atomic mass is 16.1. The van der Waals surface area contributed by atoms with Crippen molar-refractivity contribution in [2.24, 2.45) is 0 Å². The normalized spacial score (nSPS) is 25.5. The molecule has 0 heterocycles. The van der Waals surface area contributed by atoms with Crippen LogP contribution in [0.1, 0.15) is 32.1 Å². The van der Waals surface area contributed by atoms with E-state index in [2.05, 4.69) is 0 Å². The fourth-order valence-electron chi connectivity index (χ4n) is 0.102. The summed E-state index contributed by atoms with van der Waals surface area (Å²) < 4.78 is 27.0. The van der Waals surface area contributed by atoms with E-state index in [4.69, 9.17) is 5.48 Å². The molecule has 0 aliphatic rings. The number of hydrogen-bond acceptors (Lipinski definition) is 1. The summed E-state index contributed by atoms with van der Waals surface area (Å²) in [4.78, 5) is 10.6. The zero-order chi connectivity index (χ0) is 8.36. The van der Waals surface area contributed by atoms with Gasteiger partial charge in [0.2, 0.25) is 0 Å². The molecule has 1 atom stereocenters. The highest BCUT2D eigenvalue weighted by molar-refractivity contribution is 5.77. The molecule has 36 valence electrons. The largest absolute Gasteiger partial charge is 0.300 e. The van der Waals surface area contributed by atoms with Crippen molar-refractivity contribution < 1.29 is 10.3 Å². The van der Waals surface area contributed by atoms with Gasteiger partial charge in [-0.3, -0.25) is 4.79 Å². The van der Waals surface area contributed by atoms with Crippen LogP contribution >= 0.6 is 0 Å². The van der Waals surface area contributed by atoms with Crippen LogP contribution in [0.15, 0.2) is 0 Å². The molecule has 0 aliphatic heterocycles. The maximum absolute atomic E-state index is 10.6. The predicted octanol–water partition coefficient (Wildman–Crippen LogP) is 1.38. The molecular weight excluding hydrogens is 76.1 g/mol. The Balaban J connectivity index is 4.08. The summed E-state index contributed by atoms with van der Waals surface area (Å²) in [5.74, 6) is -0.528. The summed E-state index contributed by atoms with van der Waals surface area (Å²) in [7, 11) is 0. The first kappa shape index (κ1) is 1.65. The molecule has 0 bridgehead atoms. The Morgan fingerprint density at radius 1 is 2.17 bits per heavy atom. The Bertz CT molecular complexity index is 128. The van der Waals surface area contributed by atoms with Gasteiger partial charge in [0.05, 0.1) is 0 Å². The first-order valence-electron chi connectivity index (χ1n) is 3.92. The number of rotatable bonds is 2. The van der Waals surface area contributed by atoms with Crippen LogP contribution in [0.3, 0.4) is 0 Å². The molecule has 0 radical (unpaired) electrons. The van der Waals surface area contributed by atoms with Crippen LogP contribution in [0.25, 0.3) is 0 Å². The molecule has 0 aromatic rings. The summed E-state index contributed by atoms with van der Waals surface area (Å²) in [6.45, 7) is -0.900. The lowest BCUT2D eigenvalue weighted by Gasteiger charge is -1.81. The number of carbonyl (C=O) groups is 1. The molecule has 1 nitrogen and oxygen atoms in total. The quantitative estimate of drug-likeness (QED) is 0.500. The molecule has 0 saturated heterocycles. The maximum atomic E-state index is 10.6. The number of hydrogen-bond donors (Lipinski definition) is 0. The molecular formula is C5H10O. The van der Waals surface area contributed by atoms with Crippen molar-refractivity contribution in [2.45, 2.75) is 26.6 Å². The minimum absolute atomic E-state index is 0.118. The van der Waals surface area contributed by atoms with Crippen LogP contribution in [-0.4, -0.2) is 5.78 Å². The maximum Gasteiger partial charge on any atom is 0.132 e. The van der Waals surface area contributed by atoms with Gasteiger partial charge < -0.3 is 0 Å². The van der Waals surface area contributed by atoms with Gasteiger partial charge in [-0.1, -0.05) is 13.8 Å². The lowest BCUT2D eigenvalue weighted by molar-refractivity contribution is -0.118. The van der Waals surface area contributed by atoms with Crippen molar-refractivity contribution in [3.63, 3.8) is 0 Å². The second kappa shape index (κ2) is 2.88. The standard InChI is InChI=1S/C5H10O/c1-3-5(6)4-2/h3-4H2,1-2H3/i1D3,3D. The van der Waals surface area contributed by atoms with Crippen molar-refractivity contribution in [3.8, 4) is 0 Å². The second-order valence-electron chi connectivity index (χ2n) is 0.964. The van der Waals surface area contributed by atoms with Gasteiger partial charge in [-0.15, -0.1) is 0 Å². The van der Waals surface area contributed by atoms with E-state index in [9.17, 15) is 4.79 Å². The Labute approximate surface area is 44.0 Å². The molecule has 0 amide bonds. The lowest BCUT2D eigenvalue weighted by atomic mass is 10.3. The molecule has 0 rings (SSSR count). The zero-order valence-electron chi connectivity index (χ0n) is 7.69. The number of Topliss-reactive ketones (excluding diaryl/α,β-unsaturated/α-hetero) is 1. The number of ketones is 1. The summed E-state index contributed by atoms with van der Waals surface area (Å²) in [6, 6.07) is 0. The van der Waals surface area contributed by atoms with Crippen LogP contribution in [0, 0.1) is 0 Å². The second-order valence-corrected chi connectivity index (χ2v) is 0.964. The van der Waals surface area contributed by atoms with E-state index in [0.717, 1.165) is 0 Å². The molecule has 1 unspecified atom stereocenters. The SMILES string of the molecule is [2H]C(C(=O)CC)C([2H])([2H])[2H]. The average molecular weight is 90.2 g/mol. The van der Waals surface area contributed by atoms with Crippen molar-refractivity contribution in [3.05, 3.63) is 0 Å². The van der Waals surface area contributed by atoms with Gasteiger partial charge in [-0.25, -0.2) is 0 Å². The summed E-state index contributed by atoms with van der Waals surface area (Å²) in [5, 5.41) is 0. The Kier molecular flexibility index (Phi) is 0.791. The highest BCUT2D eigenvalue weighted by Crippen LogP contribution is 1.82. The van der Waals surface area contributed by atoms with Gasteiger partial charge >= 0.3 is 0 Å². The van der Waals surface area contributed by atoms with E-state index in [0.29, 0.717) is 0 Å². The summed E-state index contributed by atoms with van der Waals surface area (Å²) in [5.41, 5.74) is 0. The molecule has 0 N–H and O–H groups in total. The highest BCUT2D eigenvalue weighted by Gasteiger charge is 1.86. The van der Waals surface area contributed by atoms with E-state index in [1.54, 1.807) is 6.92 Å². The molecule has 0 aromatic carbocycles. The molecule has 0 spiro atoms. The molecule has 6 heavy (non-hydrogen) atoms. The summed E-state index contributed by atoms with van der Waals surface area (Å²) >= 11 is 0. The first-order valence-corrected chi connectivity index (χ1v) is 1.84. The van der Waals surface area contributed by atoms with Crippen molar-refractivity contribution in [2.75, 3.05) is 0 Å². The van der Waals surface area contributed by atoms with Gasteiger partial charge in [-0.2, -0.15) is 0 Å². The lowest BCUT2D eigenvalue weighted by Crippen LogP contribution is -1.88. The van der Waals surface area contributed by atoms with Gasteiger partial charge in [-0.05, 0) is 0 Å². The van der Waals surface area contributed by atoms with Crippen LogP contribution in [-0.2, 0) is 4.79 Å². The minimum atomic E-state index is -2.45. The van der Waals surface area contributed by atoms with E-state index >= 15 is 0 Å². The van der Waals surface area contributed by atoms with E-state index in [1.165, 1.54) is 0 Å². The van der Waals surface area contributed by atoms with Crippen LogP contribution in [0.2, 0.25) is 0 Å². The molecule has 0 saturated carbocycles. The third-order valence-corrected chi connectivity index (χ3v) is 0.509. The molecule has 1 heteroatoms. The van der Waals surface area contributed by atoms with Gasteiger partial charge in [0.1, 0.15) is 5.78 Å². The molecule has 0 fully saturated rings. The predicted molar refractivity (Wildman–Crippen MR) is 25.6 cm³/mol. The van der Waals surface area contributed by atoms with E-state index in [-0.39, 0.29) is 6.42 Å². The topological polar surface area (TPSA) is 17.1 Å². The number of carbonyl (C=O) groups excluding carboxylic acids is 1. The zero-order valence-corrected chi connectivity index (χ0v) is 3.69. The minimum Gasteiger partial charge on any atom is -0.300 e. The van der Waals surface area contributed by atoms with Crippen molar-refractivity contribution >= 4 is 5.78 Å². The Morgan fingerprint density at radius 2 is 2.83 bits per heavy atom. The molecule has 0 aliphatic carbocycles. The molecule has 0 aromatic heterocycles. The third-order valence-electron chi connectivity index (χ3n) is 0.509. The summed E-state index contributed by atoms with van der Waals surface area (Å²) in [6.07, 6.45) is -1.44. The van der Waals surface area contributed by atoms with Gasteiger partial charge in [0.25, 0.3) is 0 Å². The van der Waals surface area contributed by atoms with Crippen molar-refractivity contribution in [1.29, 1.82) is 0 Å². The van der Waals surface area contributed by atoms with Crippen LogP contribution < -0.4 is 0 Å². The Hall–Kier alpha value is -0.330. The van der Waals surface area contributed by atoms with Crippen LogP contribution in [0.5, 0.6) is 0 Å². The first-order chi connectivity index (χ1) is 4.39. The van der Waals surface area contributed by atoms with Gasteiger partial charge in [0, 0.05) is 18.3 Å².